The van der Waals surface area contributed by atoms with Crippen LogP contribution in [0.3, 0.4) is 0 Å². The highest BCUT2D eigenvalue weighted by atomic mass is 16.6. The number of carbonyl (C=O) groups is 9. The predicted octanol–water partition coefficient (Wildman–Crippen LogP) is 6.65. The first kappa shape index (κ1) is 60.9. The van der Waals surface area contributed by atoms with E-state index in [9.17, 15) is 43.2 Å². The van der Waals surface area contributed by atoms with Crippen LogP contribution in [0.15, 0.2) is 24.3 Å². The number of ketones is 3. The van der Waals surface area contributed by atoms with Crippen LogP contribution < -0.4 is 16.4 Å². The zero-order valence-corrected chi connectivity index (χ0v) is 44.5. The number of amides is 7. The fraction of sp³-hybridized carbons (Fsp3) is 0.717. The highest BCUT2D eigenvalue weighted by molar-refractivity contribution is 6.03. The number of nitrogens with zero attached hydrogens (tertiary/aromatic N) is 3. The van der Waals surface area contributed by atoms with Crippen molar-refractivity contribution in [2.75, 3.05) is 34.3 Å². The molecule has 0 saturated carbocycles. The van der Waals surface area contributed by atoms with E-state index in [0.29, 0.717) is 43.4 Å². The second-order valence-corrected chi connectivity index (χ2v) is 20.5. The summed E-state index contributed by atoms with van der Waals surface area (Å²) in [7, 11) is 4.91. The molecular formula is C53H86N6O11. The Bertz CT molecular complexity index is 1910. The second-order valence-electron chi connectivity index (χ2n) is 20.5. The monoisotopic (exact) mass is 983 g/mol. The molecule has 1 saturated heterocycles. The first-order valence-corrected chi connectivity index (χ1v) is 25.4. The topological polar surface area (TPSA) is 232 Å². The number of urea groups is 1. The highest BCUT2D eigenvalue weighted by Crippen LogP contribution is 2.28. The number of carbonyl (C=O) groups excluding carboxylic acids is 9. The van der Waals surface area contributed by atoms with E-state index >= 15 is 0 Å². The van der Waals surface area contributed by atoms with Crippen LogP contribution in [0.1, 0.15) is 145 Å². The molecule has 1 fully saturated rings. The van der Waals surface area contributed by atoms with Crippen molar-refractivity contribution in [2.45, 2.75) is 171 Å². The third-order valence-corrected chi connectivity index (χ3v) is 13.9. The van der Waals surface area contributed by atoms with Gasteiger partial charge >= 0.3 is 12.1 Å². The van der Waals surface area contributed by atoms with E-state index in [1.54, 1.807) is 50.2 Å². The number of likely N-dealkylation sites (tertiary alicyclic amines) is 1. The lowest BCUT2D eigenvalue weighted by Gasteiger charge is -2.39. The van der Waals surface area contributed by atoms with Crippen molar-refractivity contribution in [2.24, 2.45) is 47.2 Å². The molecular weight excluding hydrogens is 897 g/mol. The van der Waals surface area contributed by atoms with Crippen molar-refractivity contribution in [3.8, 4) is 0 Å². The largest absolute Gasteiger partial charge is 0.445 e. The van der Waals surface area contributed by atoms with E-state index in [1.165, 1.54) is 16.8 Å². The molecule has 4 N–H and O–H groups in total. The number of benzene rings is 1. The third kappa shape index (κ3) is 18.9. The number of nitrogens with two attached hydrogens (primary N) is 1. The summed E-state index contributed by atoms with van der Waals surface area (Å²) in [5, 5.41) is 5.39. The summed E-state index contributed by atoms with van der Waals surface area (Å²) >= 11 is 0. The molecule has 0 aliphatic carbocycles. The number of hydrogen-bond donors (Lipinski definition) is 3. The van der Waals surface area contributed by atoms with Crippen LogP contribution in [0, 0.1) is 41.4 Å². The smallest absolute Gasteiger partial charge is 0.410 e. The summed E-state index contributed by atoms with van der Waals surface area (Å²) in [6, 6.07) is 4.27. The lowest BCUT2D eigenvalue weighted by molar-refractivity contribution is -0.145. The Labute approximate surface area is 417 Å². The molecule has 394 valence electrons. The molecule has 17 nitrogen and oxygen atoms in total. The quantitative estimate of drug-likeness (QED) is 0.0511. The number of hydrogen-bond acceptors (Lipinski definition) is 11. The van der Waals surface area contributed by atoms with E-state index in [1.807, 2.05) is 48.5 Å². The minimum Gasteiger partial charge on any atom is -0.445 e. The van der Waals surface area contributed by atoms with E-state index in [-0.39, 0.29) is 128 Å². The Kier molecular flexibility index (Phi) is 26.0. The van der Waals surface area contributed by atoms with Crippen molar-refractivity contribution in [1.82, 2.24) is 25.3 Å². The highest BCUT2D eigenvalue weighted by Gasteiger charge is 2.39. The Morgan fingerprint density at radius 3 is 1.94 bits per heavy atom. The maximum absolute atomic E-state index is 14.0. The van der Waals surface area contributed by atoms with E-state index in [0.717, 1.165) is 6.42 Å². The summed E-state index contributed by atoms with van der Waals surface area (Å²) in [5.74, 6) is -3.52. The molecule has 2 unspecified atom stereocenters. The molecule has 0 bridgehead atoms. The number of ether oxygens (including phenoxy) is 2. The summed E-state index contributed by atoms with van der Waals surface area (Å²) in [6.07, 6.45) is 2.69. The molecule has 7 amide bonds. The van der Waals surface area contributed by atoms with Crippen LogP contribution >= 0.6 is 0 Å². The van der Waals surface area contributed by atoms with Gasteiger partial charge in [-0.25, -0.2) is 9.59 Å². The summed E-state index contributed by atoms with van der Waals surface area (Å²) in [6.45, 7) is 19.5. The van der Waals surface area contributed by atoms with E-state index in [4.69, 9.17) is 15.2 Å². The van der Waals surface area contributed by atoms with Gasteiger partial charge in [0.25, 0.3) is 0 Å². The van der Waals surface area contributed by atoms with Gasteiger partial charge in [0.2, 0.25) is 23.6 Å². The van der Waals surface area contributed by atoms with Gasteiger partial charge in [0.05, 0.1) is 24.2 Å². The number of rotatable bonds is 32. The number of imide groups is 1. The van der Waals surface area contributed by atoms with Gasteiger partial charge in [-0.1, -0.05) is 99.4 Å². The van der Waals surface area contributed by atoms with Crippen molar-refractivity contribution in [3.63, 3.8) is 0 Å². The molecule has 0 radical (unpaired) electrons. The summed E-state index contributed by atoms with van der Waals surface area (Å²) < 4.78 is 11.3. The Morgan fingerprint density at radius 2 is 1.41 bits per heavy atom. The Morgan fingerprint density at radius 1 is 0.800 bits per heavy atom. The van der Waals surface area contributed by atoms with Gasteiger partial charge in [-0.2, -0.15) is 0 Å². The predicted molar refractivity (Wildman–Crippen MR) is 268 cm³/mol. The van der Waals surface area contributed by atoms with Crippen LogP contribution in [0.4, 0.5) is 9.59 Å². The third-order valence-electron chi connectivity index (χ3n) is 13.9. The van der Waals surface area contributed by atoms with Gasteiger partial charge in [-0.05, 0) is 67.4 Å². The first-order chi connectivity index (χ1) is 32.9. The SMILES string of the molecule is CC[C@H](C)[C@@H]([C@@H](C)OC)N(C)C(=O)[C@@H](CC(=O)C(C(C)C)N(C)C(=O)OCc1ccc(CC(=O)[C@H](CCCNC(N)=O)NC(=O)[C@@H](CC(=O)CCCCCN2C(=O)CC(C)C2=O)C(C)C)cc1)C(C)C. The standard InChI is InChI=1S/C53H86N6O11/c1-14-35(8)48(37(10)69-13)57(11)51(66)42(33(4)5)30-45(62)47(34(6)7)58(12)53(68)70-31-39-23-21-38(22-24-39)28-44(61)43(20-18-25-55-52(54)67)56-49(64)41(32(2)3)29-40(60)19-16-15-17-26-59-46(63)27-36(9)50(59)65/h21-24,32-37,41-43,47-48H,14-20,25-31H2,1-13H3,(H,56,64)(H3,54,55,67)/t35-,36?,37+,41-,42-,43-,47?,48-/m0/s1. The van der Waals surface area contributed by atoms with Crippen LogP contribution in [-0.2, 0) is 56.1 Å². The van der Waals surface area contributed by atoms with Crippen LogP contribution in [0.5, 0.6) is 0 Å². The summed E-state index contributed by atoms with van der Waals surface area (Å²) in [4.78, 5) is 122. The fourth-order valence-electron chi connectivity index (χ4n) is 9.31. The van der Waals surface area contributed by atoms with Gasteiger partial charge in [0.1, 0.15) is 12.4 Å². The number of Topliss-reactive ketones (excluding diaryl/α,β-unsaturated/α-hetero) is 3. The minimum absolute atomic E-state index is 0.00391. The molecule has 70 heavy (non-hydrogen) atoms. The van der Waals surface area contributed by atoms with E-state index < -0.39 is 42.0 Å². The molecule has 1 aliphatic heterocycles. The van der Waals surface area contributed by atoms with Crippen LogP contribution in [0.25, 0.3) is 0 Å². The molecule has 1 aromatic rings. The minimum atomic E-state index is -0.916. The van der Waals surface area contributed by atoms with Crippen molar-refractivity contribution in [1.29, 1.82) is 0 Å². The van der Waals surface area contributed by atoms with Gasteiger partial charge < -0.3 is 35.6 Å². The lowest BCUT2D eigenvalue weighted by atomic mass is 9.84. The zero-order chi connectivity index (χ0) is 53.0. The van der Waals surface area contributed by atoms with Gasteiger partial charge in [-0.3, -0.25) is 38.5 Å². The molecule has 0 aromatic heterocycles. The molecule has 1 heterocycles. The van der Waals surface area contributed by atoms with Gasteiger partial charge in [0.15, 0.2) is 11.6 Å². The second kappa shape index (κ2) is 29.9. The van der Waals surface area contributed by atoms with Crippen molar-refractivity contribution in [3.05, 3.63) is 35.4 Å². The lowest BCUT2D eigenvalue weighted by Crippen LogP contribution is -2.52. The normalized spacial score (nSPS) is 16.9. The number of likely N-dealkylation sites (N-methyl/N-ethyl adjacent to an activating group) is 2. The number of unbranched alkanes of at least 4 members (excludes halogenated alkanes) is 2. The Hall–Kier alpha value is -5.19. The van der Waals surface area contributed by atoms with Crippen molar-refractivity contribution < 1.29 is 52.6 Å². The maximum atomic E-state index is 14.0. The fourth-order valence-corrected chi connectivity index (χ4v) is 9.31. The maximum Gasteiger partial charge on any atom is 0.410 e. The van der Waals surface area contributed by atoms with E-state index in [2.05, 4.69) is 24.5 Å². The molecule has 1 aliphatic rings. The van der Waals surface area contributed by atoms with Gasteiger partial charge in [-0.15, -0.1) is 0 Å². The molecule has 0 spiro atoms. The number of nitrogens with one attached hydrogen (secondary N) is 2. The molecule has 1 aromatic carbocycles. The molecule has 8 atom stereocenters. The molecule has 17 heteroatoms. The Balaban J connectivity index is 2.07. The number of methoxy groups -OCH3 is 1. The first-order valence-electron chi connectivity index (χ1n) is 25.4. The average molecular weight is 983 g/mol. The summed E-state index contributed by atoms with van der Waals surface area (Å²) in [5.41, 5.74) is 6.52. The van der Waals surface area contributed by atoms with Crippen LogP contribution in [0.2, 0.25) is 0 Å². The number of primary amides is 1. The van der Waals surface area contributed by atoms with Crippen LogP contribution in [-0.4, -0.2) is 126 Å². The average Bonchev–Trinajstić information content (AvgIpc) is 3.54. The zero-order valence-electron chi connectivity index (χ0n) is 44.5. The van der Waals surface area contributed by atoms with Crippen molar-refractivity contribution >= 4 is 53.1 Å². The molecule has 2 rings (SSSR count). The van der Waals surface area contributed by atoms with Gasteiger partial charge in [0, 0.05) is 84.2 Å².